The van der Waals surface area contributed by atoms with Gasteiger partial charge in [0.25, 0.3) is 0 Å². The Kier molecular flexibility index (Phi) is 4.46. The summed E-state index contributed by atoms with van der Waals surface area (Å²) in [7, 11) is 1.72. The van der Waals surface area contributed by atoms with Crippen LogP contribution >= 0.6 is 0 Å². The molecule has 5 nitrogen and oxygen atoms in total. The zero-order valence-corrected chi connectivity index (χ0v) is 14.4. The highest BCUT2D eigenvalue weighted by atomic mass is 16.5. The van der Waals surface area contributed by atoms with E-state index in [4.69, 9.17) is 4.74 Å². The lowest BCUT2D eigenvalue weighted by atomic mass is 9.90. The lowest BCUT2D eigenvalue weighted by Crippen LogP contribution is -2.34. The van der Waals surface area contributed by atoms with E-state index < -0.39 is 0 Å². The molecule has 0 amide bonds. The molecule has 1 fully saturated rings. The largest absolute Gasteiger partial charge is 0.497 e. The fraction of sp³-hybridized carbons (Fsp3) is 0.350. The maximum absolute atomic E-state index is 5.33. The summed E-state index contributed by atoms with van der Waals surface area (Å²) < 4.78 is 5.33. The molecule has 1 aliphatic heterocycles. The summed E-state index contributed by atoms with van der Waals surface area (Å²) in [5, 5.41) is 0. The van der Waals surface area contributed by atoms with Gasteiger partial charge in [0.15, 0.2) is 5.65 Å². The van der Waals surface area contributed by atoms with E-state index in [0.29, 0.717) is 5.92 Å². The summed E-state index contributed by atoms with van der Waals surface area (Å²) in [4.78, 5) is 15.6. The molecular weight excluding hydrogens is 312 g/mol. The monoisotopic (exact) mass is 334 g/mol. The molecule has 0 aliphatic carbocycles. The highest BCUT2D eigenvalue weighted by molar-refractivity contribution is 5.71. The molecule has 0 spiro atoms. The quantitative estimate of drug-likeness (QED) is 0.731. The van der Waals surface area contributed by atoms with E-state index >= 15 is 0 Å². The van der Waals surface area contributed by atoms with Gasteiger partial charge in [0.05, 0.1) is 7.11 Å². The number of anilines is 1. The minimum atomic E-state index is 0.712. The Morgan fingerprint density at radius 3 is 2.76 bits per heavy atom. The van der Waals surface area contributed by atoms with Crippen molar-refractivity contribution in [3.8, 4) is 5.75 Å². The van der Waals surface area contributed by atoms with E-state index in [-0.39, 0.29) is 0 Å². The Bertz CT molecular complexity index is 859. The average Bonchev–Trinajstić information content (AvgIpc) is 2.68. The molecule has 0 saturated carbocycles. The maximum Gasteiger partial charge on any atom is 0.180 e. The Hall–Kier alpha value is -2.69. The Labute approximate surface area is 147 Å². The SMILES string of the molecule is COc1cccc(CC2CCN(c3ccc4nccnc4n3)CC2)c1. The summed E-state index contributed by atoms with van der Waals surface area (Å²) >= 11 is 0. The predicted molar refractivity (Wildman–Crippen MR) is 99.0 cm³/mol. The van der Waals surface area contributed by atoms with Gasteiger partial charge in [-0.2, -0.15) is 0 Å². The van der Waals surface area contributed by atoms with Gasteiger partial charge in [-0.25, -0.2) is 9.97 Å². The molecule has 1 aliphatic rings. The zero-order valence-electron chi connectivity index (χ0n) is 14.4. The van der Waals surface area contributed by atoms with Crippen molar-refractivity contribution in [2.24, 2.45) is 5.92 Å². The van der Waals surface area contributed by atoms with Gasteiger partial charge < -0.3 is 9.64 Å². The standard InChI is InChI=1S/C20H22N4O/c1-25-17-4-2-3-16(14-17)13-15-7-11-24(12-8-15)19-6-5-18-20(23-19)22-10-9-21-18/h2-6,9-10,14-15H,7-8,11-13H2,1H3. The first kappa shape index (κ1) is 15.8. The minimum absolute atomic E-state index is 0.712. The van der Waals surface area contributed by atoms with Crippen molar-refractivity contribution in [2.45, 2.75) is 19.3 Å². The van der Waals surface area contributed by atoms with Gasteiger partial charge in [-0.1, -0.05) is 12.1 Å². The molecule has 5 heteroatoms. The molecule has 0 bridgehead atoms. The lowest BCUT2D eigenvalue weighted by Gasteiger charge is -2.33. The highest BCUT2D eigenvalue weighted by Crippen LogP contribution is 2.26. The van der Waals surface area contributed by atoms with Crippen LogP contribution in [0.1, 0.15) is 18.4 Å². The predicted octanol–water partition coefficient (Wildman–Crippen LogP) is 3.49. The Morgan fingerprint density at radius 1 is 1.08 bits per heavy atom. The van der Waals surface area contributed by atoms with E-state index in [0.717, 1.165) is 42.2 Å². The number of piperidine rings is 1. The molecule has 0 N–H and O–H groups in total. The second-order valence-corrected chi connectivity index (χ2v) is 6.55. The number of pyridine rings is 1. The Morgan fingerprint density at radius 2 is 1.92 bits per heavy atom. The third kappa shape index (κ3) is 3.55. The number of fused-ring (bicyclic) bond motifs is 1. The van der Waals surface area contributed by atoms with Crippen LogP contribution in [0.25, 0.3) is 11.2 Å². The first-order valence-corrected chi connectivity index (χ1v) is 8.77. The van der Waals surface area contributed by atoms with Crippen LogP contribution < -0.4 is 9.64 Å². The molecular formula is C20H22N4O. The van der Waals surface area contributed by atoms with Crippen molar-refractivity contribution in [3.05, 3.63) is 54.4 Å². The van der Waals surface area contributed by atoms with Crippen LogP contribution in [0.2, 0.25) is 0 Å². The average molecular weight is 334 g/mol. The van der Waals surface area contributed by atoms with E-state index in [2.05, 4.69) is 44.1 Å². The summed E-state index contributed by atoms with van der Waals surface area (Å²) in [5.41, 5.74) is 2.93. The number of ether oxygens (including phenoxy) is 1. The summed E-state index contributed by atoms with van der Waals surface area (Å²) in [6.07, 6.45) is 6.86. The normalized spacial score (nSPS) is 15.5. The molecule has 25 heavy (non-hydrogen) atoms. The zero-order chi connectivity index (χ0) is 17.1. The lowest BCUT2D eigenvalue weighted by molar-refractivity contribution is 0.398. The van der Waals surface area contributed by atoms with Crippen LogP contribution in [0.15, 0.2) is 48.8 Å². The van der Waals surface area contributed by atoms with E-state index in [1.807, 2.05) is 12.1 Å². The number of nitrogens with zero attached hydrogens (tertiary/aromatic N) is 4. The second kappa shape index (κ2) is 7.05. The van der Waals surface area contributed by atoms with Gasteiger partial charge >= 0.3 is 0 Å². The third-order valence-corrected chi connectivity index (χ3v) is 4.91. The number of hydrogen-bond donors (Lipinski definition) is 0. The molecule has 0 unspecified atom stereocenters. The number of aromatic nitrogens is 3. The van der Waals surface area contributed by atoms with E-state index in [9.17, 15) is 0 Å². The topological polar surface area (TPSA) is 51.1 Å². The molecule has 0 radical (unpaired) electrons. The van der Waals surface area contributed by atoms with Crippen LogP contribution in [0, 0.1) is 5.92 Å². The Balaban J connectivity index is 1.40. The molecule has 0 atom stereocenters. The first-order chi connectivity index (χ1) is 12.3. The van der Waals surface area contributed by atoms with Crippen molar-refractivity contribution in [1.29, 1.82) is 0 Å². The maximum atomic E-state index is 5.33. The molecule has 128 valence electrons. The van der Waals surface area contributed by atoms with Crippen LogP contribution in [-0.2, 0) is 6.42 Å². The molecule has 1 aromatic carbocycles. The number of benzene rings is 1. The van der Waals surface area contributed by atoms with Crippen LogP contribution in [-0.4, -0.2) is 35.2 Å². The summed E-state index contributed by atoms with van der Waals surface area (Å²) in [6.45, 7) is 2.07. The number of rotatable bonds is 4. The van der Waals surface area contributed by atoms with Crippen molar-refractivity contribution in [2.75, 3.05) is 25.1 Å². The van der Waals surface area contributed by atoms with Crippen molar-refractivity contribution < 1.29 is 4.74 Å². The van der Waals surface area contributed by atoms with Crippen LogP contribution in [0.3, 0.4) is 0 Å². The van der Waals surface area contributed by atoms with E-state index in [1.165, 1.54) is 18.4 Å². The molecule has 3 aromatic rings. The van der Waals surface area contributed by atoms with Gasteiger partial charge in [-0.05, 0) is 55.0 Å². The smallest absolute Gasteiger partial charge is 0.180 e. The van der Waals surface area contributed by atoms with Crippen LogP contribution in [0.4, 0.5) is 5.82 Å². The van der Waals surface area contributed by atoms with Gasteiger partial charge in [0.1, 0.15) is 17.1 Å². The van der Waals surface area contributed by atoms with Gasteiger partial charge in [0, 0.05) is 25.5 Å². The molecule has 3 heterocycles. The van der Waals surface area contributed by atoms with Gasteiger partial charge in [-0.15, -0.1) is 0 Å². The minimum Gasteiger partial charge on any atom is -0.497 e. The van der Waals surface area contributed by atoms with Crippen LogP contribution in [0.5, 0.6) is 5.75 Å². The molecule has 1 saturated heterocycles. The third-order valence-electron chi connectivity index (χ3n) is 4.91. The molecule has 4 rings (SSSR count). The summed E-state index contributed by atoms with van der Waals surface area (Å²) in [5.74, 6) is 2.66. The number of methoxy groups -OCH3 is 1. The van der Waals surface area contributed by atoms with Crippen molar-refractivity contribution in [1.82, 2.24) is 15.0 Å². The van der Waals surface area contributed by atoms with E-state index in [1.54, 1.807) is 19.5 Å². The number of hydrogen-bond acceptors (Lipinski definition) is 5. The second-order valence-electron chi connectivity index (χ2n) is 6.55. The fourth-order valence-electron chi connectivity index (χ4n) is 3.52. The van der Waals surface area contributed by atoms with Crippen molar-refractivity contribution >= 4 is 17.0 Å². The molecule has 2 aromatic heterocycles. The van der Waals surface area contributed by atoms with Crippen molar-refractivity contribution in [3.63, 3.8) is 0 Å². The van der Waals surface area contributed by atoms with Gasteiger partial charge in [-0.3, -0.25) is 4.98 Å². The summed E-state index contributed by atoms with van der Waals surface area (Å²) in [6, 6.07) is 12.5. The fourth-order valence-corrected chi connectivity index (χ4v) is 3.52. The first-order valence-electron chi connectivity index (χ1n) is 8.77. The highest BCUT2D eigenvalue weighted by Gasteiger charge is 2.21. The van der Waals surface area contributed by atoms with Gasteiger partial charge in [0.2, 0.25) is 0 Å².